The number of rotatable bonds is 3. The fourth-order valence-corrected chi connectivity index (χ4v) is 3.06. The maximum atomic E-state index is 12.1. The van der Waals surface area contributed by atoms with E-state index in [1.807, 2.05) is 0 Å². The first kappa shape index (κ1) is 15.1. The highest BCUT2D eigenvalue weighted by Gasteiger charge is 2.22. The molecular formula is C12H14ClN3O3S. The second-order valence-corrected chi connectivity index (χ2v) is 6.00. The lowest BCUT2D eigenvalue weighted by molar-refractivity contribution is -0.384. The lowest BCUT2D eigenvalue weighted by atomic mass is 10.1. The number of nitro groups is 1. The average Bonchev–Trinajstić information content (AvgIpc) is 2.43. The molecule has 2 rings (SSSR count). The van der Waals surface area contributed by atoms with Crippen LogP contribution in [0, 0.1) is 17.0 Å². The van der Waals surface area contributed by atoms with Crippen LogP contribution in [0.3, 0.4) is 0 Å². The van der Waals surface area contributed by atoms with E-state index in [0.717, 1.165) is 12.3 Å². The molecule has 108 valence electrons. The molecule has 1 unspecified atom stereocenters. The molecule has 1 aromatic rings. The summed E-state index contributed by atoms with van der Waals surface area (Å²) in [4.78, 5) is 22.3. The lowest BCUT2D eigenvalue weighted by Gasteiger charge is -2.22. The van der Waals surface area contributed by atoms with Crippen LogP contribution in [0.15, 0.2) is 12.1 Å². The molecule has 1 aromatic carbocycles. The van der Waals surface area contributed by atoms with E-state index in [1.165, 1.54) is 12.1 Å². The summed E-state index contributed by atoms with van der Waals surface area (Å²) in [7, 11) is 0. The van der Waals surface area contributed by atoms with Gasteiger partial charge in [-0.05, 0) is 18.6 Å². The van der Waals surface area contributed by atoms with E-state index in [0.29, 0.717) is 17.0 Å². The highest BCUT2D eigenvalue weighted by Crippen LogP contribution is 2.30. The van der Waals surface area contributed by atoms with Crippen molar-refractivity contribution in [3.05, 3.63) is 32.8 Å². The number of hydrogen-bond acceptors (Lipinski definition) is 5. The molecule has 6 nitrogen and oxygen atoms in total. The van der Waals surface area contributed by atoms with Gasteiger partial charge in [-0.15, -0.1) is 0 Å². The number of carbonyl (C=O) groups excluding carboxylic acids is 1. The van der Waals surface area contributed by atoms with Crippen LogP contribution in [0.4, 0.5) is 11.4 Å². The van der Waals surface area contributed by atoms with Crippen molar-refractivity contribution >= 4 is 40.6 Å². The Morgan fingerprint density at radius 2 is 2.35 bits per heavy atom. The Kier molecular flexibility index (Phi) is 4.85. The molecule has 1 aliphatic rings. The van der Waals surface area contributed by atoms with Crippen molar-refractivity contribution in [1.82, 2.24) is 5.32 Å². The predicted octanol–water partition coefficient (Wildman–Crippen LogP) is 2.20. The summed E-state index contributed by atoms with van der Waals surface area (Å²) in [5.74, 6) is 1.56. The van der Waals surface area contributed by atoms with E-state index in [-0.39, 0.29) is 22.7 Å². The van der Waals surface area contributed by atoms with Crippen molar-refractivity contribution in [2.75, 3.05) is 23.4 Å². The molecule has 1 atom stereocenters. The van der Waals surface area contributed by atoms with E-state index in [9.17, 15) is 14.9 Å². The minimum atomic E-state index is -0.541. The van der Waals surface area contributed by atoms with E-state index in [2.05, 4.69) is 10.6 Å². The molecule has 1 heterocycles. The molecule has 0 spiro atoms. The van der Waals surface area contributed by atoms with Crippen LogP contribution in [-0.2, 0) is 4.79 Å². The van der Waals surface area contributed by atoms with Crippen LogP contribution >= 0.6 is 23.4 Å². The van der Waals surface area contributed by atoms with Crippen LogP contribution in [0.2, 0.25) is 5.02 Å². The number of nitrogens with one attached hydrogen (secondary N) is 2. The molecule has 0 bridgehead atoms. The van der Waals surface area contributed by atoms with Gasteiger partial charge < -0.3 is 10.6 Å². The standard InChI is InChI=1S/C12H14ClN3O3S/c1-7-4-11(16(18)19)8(13)5-9(7)15-12(17)10-6-20-3-2-14-10/h4-5,10,14H,2-3,6H2,1H3,(H,15,17). The number of anilines is 1. The van der Waals surface area contributed by atoms with Gasteiger partial charge in [0.05, 0.1) is 11.0 Å². The Labute approximate surface area is 125 Å². The molecule has 0 aliphatic carbocycles. The number of carbonyl (C=O) groups is 1. The molecular weight excluding hydrogens is 302 g/mol. The van der Waals surface area contributed by atoms with Gasteiger partial charge in [-0.2, -0.15) is 11.8 Å². The quantitative estimate of drug-likeness (QED) is 0.660. The topological polar surface area (TPSA) is 84.3 Å². The Morgan fingerprint density at radius 1 is 1.60 bits per heavy atom. The SMILES string of the molecule is Cc1cc([N+](=O)[O-])c(Cl)cc1NC(=O)C1CSCCN1. The molecule has 0 radical (unpaired) electrons. The first-order valence-electron chi connectivity index (χ1n) is 6.05. The number of amides is 1. The van der Waals surface area contributed by atoms with Gasteiger partial charge in [0.1, 0.15) is 5.02 Å². The van der Waals surface area contributed by atoms with Crippen LogP contribution < -0.4 is 10.6 Å². The van der Waals surface area contributed by atoms with E-state index < -0.39 is 4.92 Å². The van der Waals surface area contributed by atoms with Crippen molar-refractivity contribution in [2.45, 2.75) is 13.0 Å². The molecule has 1 saturated heterocycles. The summed E-state index contributed by atoms with van der Waals surface area (Å²) in [6.45, 7) is 2.49. The number of hydrogen-bond donors (Lipinski definition) is 2. The highest BCUT2D eigenvalue weighted by molar-refractivity contribution is 7.99. The van der Waals surface area contributed by atoms with Gasteiger partial charge >= 0.3 is 0 Å². The maximum Gasteiger partial charge on any atom is 0.288 e. The fourth-order valence-electron chi connectivity index (χ4n) is 1.89. The molecule has 8 heteroatoms. The van der Waals surface area contributed by atoms with E-state index in [1.54, 1.807) is 18.7 Å². The molecule has 1 amide bonds. The van der Waals surface area contributed by atoms with Gasteiger partial charge in [0.2, 0.25) is 5.91 Å². The summed E-state index contributed by atoms with van der Waals surface area (Å²) < 4.78 is 0. The zero-order valence-corrected chi connectivity index (χ0v) is 12.4. The minimum Gasteiger partial charge on any atom is -0.324 e. The predicted molar refractivity (Wildman–Crippen MR) is 80.6 cm³/mol. The summed E-state index contributed by atoms with van der Waals surface area (Å²) >= 11 is 7.57. The smallest absolute Gasteiger partial charge is 0.288 e. The lowest BCUT2D eigenvalue weighted by Crippen LogP contribution is -2.46. The van der Waals surface area contributed by atoms with Crippen LogP contribution in [0.25, 0.3) is 0 Å². The summed E-state index contributed by atoms with van der Waals surface area (Å²) in [5.41, 5.74) is 0.953. The Balaban J connectivity index is 2.15. The zero-order valence-electron chi connectivity index (χ0n) is 10.8. The second-order valence-electron chi connectivity index (χ2n) is 4.45. The maximum absolute atomic E-state index is 12.1. The number of halogens is 1. The van der Waals surface area contributed by atoms with Gasteiger partial charge in [-0.25, -0.2) is 0 Å². The summed E-state index contributed by atoms with van der Waals surface area (Å²) in [6.07, 6.45) is 0. The molecule has 2 N–H and O–H groups in total. The van der Waals surface area contributed by atoms with Crippen molar-refractivity contribution in [3.63, 3.8) is 0 Å². The van der Waals surface area contributed by atoms with E-state index >= 15 is 0 Å². The van der Waals surface area contributed by atoms with E-state index in [4.69, 9.17) is 11.6 Å². The number of benzene rings is 1. The number of thioether (sulfide) groups is 1. The Morgan fingerprint density at radius 3 is 2.95 bits per heavy atom. The first-order chi connectivity index (χ1) is 9.49. The van der Waals surface area contributed by atoms with Crippen molar-refractivity contribution in [3.8, 4) is 0 Å². The fraction of sp³-hybridized carbons (Fsp3) is 0.417. The first-order valence-corrected chi connectivity index (χ1v) is 7.59. The van der Waals surface area contributed by atoms with Gasteiger partial charge in [0, 0.05) is 29.8 Å². The zero-order chi connectivity index (χ0) is 14.7. The van der Waals surface area contributed by atoms with Crippen molar-refractivity contribution in [1.29, 1.82) is 0 Å². The van der Waals surface area contributed by atoms with Crippen molar-refractivity contribution in [2.24, 2.45) is 0 Å². The Bertz CT molecular complexity index is 547. The number of nitro benzene ring substituents is 1. The van der Waals surface area contributed by atoms with Gasteiger partial charge in [0.15, 0.2) is 0 Å². The van der Waals surface area contributed by atoms with Crippen LogP contribution in [0.1, 0.15) is 5.56 Å². The van der Waals surface area contributed by atoms with Gasteiger partial charge in [-0.1, -0.05) is 11.6 Å². The highest BCUT2D eigenvalue weighted by atomic mass is 35.5. The third kappa shape index (κ3) is 3.41. The number of nitrogens with zero attached hydrogens (tertiary/aromatic N) is 1. The molecule has 1 fully saturated rings. The normalized spacial score (nSPS) is 18.6. The molecule has 0 aromatic heterocycles. The van der Waals surface area contributed by atoms with Crippen LogP contribution in [-0.4, -0.2) is 34.9 Å². The molecule has 20 heavy (non-hydrogen) atoms. The third-order valence-corrected chi connectivity index (χ3v) is 4.35. The molecule has 1 aliphatic heterocycles. The second kappa shape index (κ2) is 6.43. The number of aryl methyl sites for hydroxylation is 1. The summed E-state index contributed by atoms with van der Waals surface area (Å²) in [6, 6.07) is 2.53. The monoisotopic (exact) mass is 315 g/mol. The minimum absolute atomic E-state index is 0.0156. The van der Waals surface area contributed by atoms with Gasteiger partial charge in [-0.3, -0.25) is 14.9 Å². The van der Waals surface area contributed by atoms with Gasteiger partial charge in [0.25, 0.3) is 5.69 Å². The van der Waals surface area contributed by atoms with Crippen LogP contribution in [0.5, 0.6) is 0 Å². The summed E-state index contributed by atoms with van der Waals surface area (Å²) in [5, 5.41) is 16.7. The third-order valence-electron chi connectivity index (χ3n) is 2.99. The molecule has 0 saturated carbocycles. The largest absolute Gasteiger partial charge is 0.324 e. The van der Waals surface area contributed by atoms with Crippen molar-refractivity contribution < 1.29 is 9.72 Å². The average molecular weight is 316 g/mol. The Hall–Kier alpha value is -1.31.